The van der Waals surface area contributed by atoms with Gasteiger partial charge in [-0.2, -0.15) is 0 Å². The second-order valence-corrected chi connectivity index (χ2v) is 5.91. The zero-order valence-corrected chi connectivity index (χ0v) is 12.6. The Morgan fingerprint density at radius 2 is 1.90 bits per heavy atom. The lowest BCUT2D eigenvalue weighted by Gasteiger charge is -2.06. The molecular weight excluding hydrogens is 288 g/mol. The van der Waals surface area contributed by atoms with Crippen molar-refractivity contribution in [1.82, 2.24) is 9.97 Å². The van der Waals surface area contributed by atoms with Crippen LogP contribution in [0.5, 0.6) is 0 Å². The fourth-order valence-electron chi connectivity index (χ4n) is 2.05. The smallest absolute Gasteiger partial charge is 0.127 e. The molecule has 0 N–H and O–H groups in total. The van der Waals surface area contributed by atoms with Crippen molar-refractivity contribution in [3.05, 3.63) is 64.9 Å². The number of thioether (sulfide) groups is 1. The predicted octanol–water partition coefficient (Wildman–Crippen LogP) is 4.88. The summed E-state index contributed by atoms with van der Waals surface area (Å²) >= 11 is 7.73. The van der Waals surface area contributed by atoms with Crippen molar-refractivity contribution < 1.29 is 0 Å². The Morgan fingerprint density at radius 1 is 1.05 bits per heavy atom. The molecule has 2 aromatic carbocycles. The molecule has 2 nitrogen and oxygen atoms in total. The number of fused-ring (bicyclic) bond motifs is 1. The van der Waals surface area contributed by atoms with Crippen molar-refractivity contribution in [2.24, 2.45) is 0 Å². The molecule has 20 heavy (non-hydrogen) atoms. The second kappa shape index (κ2) is 5.81. The van der Waals surface area contributed by atoms with Crippen LogP contribution in [0.4, 0.5) is 0 Å². The molecule has 1 aromatic heterocycles. The summed E-state index contributed by atoms with van der Waals surface area (Å²) in [7, 11) is 0. The van der Waals surface area contributed by atoms with Gasteiger partial charge in [0.15, 0.2) is 0 Å². The highest BCUT2D eigenvalue weighted by Gasteiger charge is 2.06. The van der Waals surface area contributed by atoms with Gasteiger partial charge in [-0.1, -0.05) is 41.9 Å². The molecule has 0 aliphatic rings. The number of benzene rings is 2. The quantitative estimate of drug-likeness (QED) is 0.509. The molecule has 3 aromatic rings. The van der Waals surface area contributed by atoms with E-state index in [1.54, 1.807) is 11.8 Å². The van der Waals surface area contributed by atoms with Gasteiger partial charge in [0, 0.05) is 16.2 Å². The second-order valence-electron chi connectivity index (χ2n) is 4.51. The number of hydrogen-bond acceptors (Lipinski definition) is 3. The van der Waals surface area contributed by atoms with E-state index in [-0.39, 0.29) is 0 Å². The van der Waals surface area contributed by atoms with E-state index in [1.165, 1.54) is 5.56 Å². The lowest BCUT2D eigenvalue weighted by Crippen LogP contribution is -1.93. The predicted molar refractivity (Wildman–Crippen MR) is 85.3 cm³/mol. The summed E-state index contributed by atoms with van der Waals surface area (Å²) in [5, 5.41) is 2.89. The van der Waals surface area contributed by atoms with E-state index in [4.69, 9.17) is 11.6 Å². The third kappa shape index (κ3) is 2.94. The van der Waals surface area contributed by atoms with Crippen molar-refractivity contribution >= 4 is 34.3 Å². The van der Waals surface area contributed by atoms with Gasteiger partial charge in [0.25, 0.3) is 0 Å². The number of aryl methyl sites for hydroxylation is 1. The highest BCUT2D eigenvalue weighted by atomic mass is 35.5. The minimum Gasteiger partial charge on any atom is -0.233 e. The van der Waals surface area contributed by atoms with Gasteiger partial charge in [0.2, 0.25) is 0 Å². The number of aromatic nitrogens is 2. The van der Waals surface area contributed by atoms with Crippen LogP contribution in [0.1, 0.15) is 11.4 Å². The minimum atomic E-state index is 0.770. The standard InChI is InChI=1S/C16H13ClN2S/c1-11-18-15-8-3-2-7-14(15)16(19-11)20-10-12-5-4-6-13(17)9-12/h2-9H,10H2,1H3. The SMILES string of the molecule is Cc1nc(SCc2cccc(Cl)c2)c2ccccc2n1. The van der Waals surface area contributed by atoms with Gasteiger partial charge in [0.1, 0.15) is 10.9 Å². The van der Waals surface area contributed by atoms with Crippen molar-refractivity contribution in [1.29, 1.82) is 0 Å². The fraction of sp³-hybridized carbons (Fsp3) is 0.125. The first kappa shape index (κ1) is 13.4. The first-order valence-electron chi connectivity index (χ1n) is 6.33. The van der Waals surface area contributed by atoms with E-state index >= 15 is 0 Å². The van der Waals surface area contributed by atoms with Gasteiger partial charge < -0.3 is 0 Å². The molecule has 3 rings (SSSR count). The van der Waals surface area contributed by atoms with Crippen LogP contribution in [0.3, 0.4) is 0 Å². The van der Waals surface area contributed by atoms with Crippen molar-refractivity contribution in [3.63, 3.8) is 0 Å². The Labute approximate surface area is 127 Å². The Bertz CT molecular complexity index is 758. The molecule has 0 fully saturated rings. The van der Waals surface area contributed by atoms with E-state index in [9.17, 15) is 0 Å². The van der Waals surface area contributed by atoms with E-state index in [2.05, 4.69) is 22.1 Å². The summed E-state index contributed by atoms with van der Waals surface area (Å²) in [6, 6.07) is 16.0. The van der Waals surface area contributed by atoms with E-state index in [0.29, 0.717) is 0 Å². The molecule has 0 bridgehead atoms. The van der Waals surface area contributed by atoms with E-state index in [0.717, 1.165) is 32.5 Å². The highest BCUT2D eigenvalue weighted by molar-refractivity contribution is 7.98. The number of para-hydroxylation sites is 1. The Hall–Kier alpha value is -1.58. The maximum atomic E-state index is 6.01. The molecular formula is C16H13ClN2S. The van der Waals surface area contributed by atoms with E-state index in [1.807, 2.05) is 43.3 Å². The van der Waals surface area contributed by atoms with Crippen LogP contribution in [0.2, 0.25) is 5.02 Å². The highest BCUT2D eigenvalue weighted by Crippen LogP contribution is 2.28. The summed E-state index contributed by atoms with van der Waals surface area (Å²) < 4.78 is 0. The van der Waals surface area contributed by atoms with Gasteiger partial charge in [-0.25, -0.2) is 9.97 Å². The number of hydrogen-bond donors (Lipinski definition) is 0. The first-order chi connectivity index (χ1) is 9.72. The Morgan fingerprint density at radius 3 is 2.75 bits per heavy atom. The van der Waals surface area contributed by atoms with Crippen LogP contribution in [0.25, 0.3) is 10.9 Å². The van der Waals surface area contributed by atoms with Crippen molar-refractivity contribution in [2.75, 3.05) is 0 Å². The Kier molecular flexibility index (Phi) is 3.90. The molecule has 100 valence electrons. The monoisotopic (exact) mass is 300 g/mol. The van der Waals surface area contributed by atoms with Crippen LogP contribution in [0.15, 0.2) is 53.6 Å². The van der Waals surface area contributed by atoms with Gasteiger partial charge in [-0.05, 0) is 30.7 Å². The molecule has 0 amide bonds. The maximum absolute atomic E-state index is 6.01. The molecule has 0 unspecified atom stereocenters. The summed E-state index contributed by atoms with van der Waals surface area (Å²) in [6.45, 7) is 1.93. The van der Waals surface area contributed by atoms with Gasteiger partial charge in [-0.3, -0.25) is 0 Å². The first-order valence-corrected chi connectivity index (χ1v) is 7.69. The van der Waals surface area contributed by atoms with Gasteiger partial charge in [-0.15, -0.1) is 11.8 Å². The van der Waals surface area contributed by atoms with Crippen molar-refractivity contribution in [3.8, 4) is 0 Å². The topological polar surface area (TPSA) is 25.8 Å². The summed E-state index contributed by atoms with van der Waals surface area (Å²) in [4.78, 5) is 9.02. The molecule has 0 saturated carbocycles. The minimum absolute atomic E-state index is 0.770. The zero-order chi connectivity index (χ0) is 13.9. The average Bonchev–Trinajstić information content (AvgIpc) is 2.44. The van der Waals surface area contributed by atoms with Crippen molar-refractivity contribution in [2.45, 2.75) is 17.7 Å². The molecule has 0 atom stereocenters. The molecule has 0 radical (unpaired) electrons. The lowest BCUT2D eigenvalue weighted by molar-refractivity contribution is 1.01. The van der Waals surface area contributed by atoms with Gasteiger partial charge >= 0.3 is 0 Å². The largest absolute Gasteiger partial charge is 0.233 e. The summed E-state index contributed by atoms with van der Waals surface area (Å²) in [5.74, 6) is 1.65. The number of rotatable bonds is 3. The third-order valence-corrected chi connectivity index (χ3v) is 4.24. The summed E-state index contributed by atoms with van der Waals surface area (Å²) in [6.07, 6.45) is 0. The molecule has 1 heterocycles. The molecule has 0 aliphatic carbocycles. The third-order valence-electron chi connectivity index (χ3n) is 2.94. The average molecular weight is 301 g/mol. The molecule has 0 aliphatic heterocycles. The van der Waals surface area contributed by atoms with Crippen LogP contribution in [-0.4, -0.2) is 9.97 Å². The van der Waals surface area contributed by atoms with Gasteiger partial charge in [0.05, 0.1) is 5.52 Å². The maximum Gasteiger partial charge on any atom is 0.127 e. The summed E-state index contributed by atoms with van der Waals surface area (Å²) in [5.41, 5.74) is 2.19. The number of halogens is 1. The molecule has 0 spiro atoms. The van der Waals surface area contributed by atoms with Crippen LogP contribution < -0.4 is 0 Å². The zero-order valence-electron chi connectivity index (χ0n) is 11.0. The normalized spacial score (nSPS) is 10.9. The van der Waals surface area contributed by atoms with Crippen LogP contribution in [-0.2, 0) is 5.75 Å². The number of nitrogens with zero attached hydrogens (tertiary/aromatic N) is 2. The Balaban J connectivity index is 1.91. The van der Waals surface area contributed by atoms with Crippen LogP contribution >= 0.6 is 23.4 Å². The molecule has 0 saturated heterocycles. The molecule has 4 heteroatoms. The van der Waals surface area contributed by atoms with E-state index < -0.39 is 0 Å². The van der Waals surface area contributed by atoms with Crippen LogP contribution in [0, 0.1) is 6.92 Å². The fourth-order valence-corrected chi connectivity index (χ4v) is 3.27. The lowest BCUT2D eigenvalue weighted by atomic mass is 10.2.